The van der Waals surface area contributed by atoms with Crippen molar-refractivity contribution >= 4 is 28.8 Å². The van der Waals surface area contributed by atoms with Crippen molar-refractivity contribution in [3.05, 3.63) is 52.2 Å². The second-order valence-corrected chi connectivity index (χ2v) is 7.86. The lowest BCUT2D eigenvalue weighted by molar-refractivity contribution is -0.134. The SMILES string of the molecule is CCN(C(=O)C1CCN(C(=O)Cc2cccs2)CC1)c1cccc(C)c1. The predicted molar refractivity (Wildman–Crippen MR) is 107 cm³/mol. The number of likely N-dealkylation sites (tertiary alicyclic amines) is 1. The Morgan fingerprint density at radius 2 is 1.96 bits per heavy atom. The number of anilines is 1. The minimum absolute atomic E-state index is 0.00116. The first-order chi connectivity index (χ1) is 12.6. The van der Waals surface area contributed by atoms with Gasteiger partial charge in [-0.2, -0.15) is 0 Å². The van der Waals surface area contributed by atoms with Gasteiger partial charge in [-0.25, -0.2) is 0 Å². The molecule has 0 atom stereocenters. The van der Waals surface area contributed by atoms with Gasteiger partial charge in [-0.05, 0) is 55.8 Å². The molecule has 2 heterocycles. The fraction of sp³-hybridized carbons (Fsp3) is 0.429. The first-order valence-electron chi connectivity index (χ1n) is 9.26. The predicted octanol–water partition coefficient (Wildman–Crippen LogP) is 3.89. The van der Waals surface area contributed by atoms with Gasteiger partial charge in [0, 0.05) is 36.1 Å². The molecule has 2 aromatic rings. The summed E-state index contributed by atoms with van der Waals surface area (Å²) in [4.78, 5) is 30.3. The Balaban J connectivity index is 1.58. The summed E-state index contributed by atoms with van der Waals surface area (Å²) in [5, 5.41) is 2.00. The van der Waals surface area contributed by atoms with Crippen molar-refractivity contribution in [2.75, 3.05) is 24.5 Å². The van der Waals surface area contributed by atoms with Crippen molar-refractivity contribution in [2.24, 2.45) is 5.92 Å². The molecule has 1 aliphatic heterocycles. The van der Waals surface area contributed by atoms with Gasteiger partial charge in [-0.15, -0.1) is 11.3 Å². The molecule has 0 bridgehead atoms. The first-order valence-corrected chi connectivity index (χ1v) is 10.1. The van der Waals surface area contributed by atoms with Gasteiger partial charge < -0.3 is 9.80 Å². The van der Waals surface area contributed by atoms with Crippen molar-refractivity contribution in [3.63, 3.8) is 0 Å². The molecule has 0 unspecified atom stereocenters. The summed E-state index contributed by atoms with van der Waals surface area (Å²) in [6, 6.07) is 12.1. The third-order valence-electron chi connectivity index (χ3n) is 5.00. The molecular formula is C21H26N2O2S. The summed E-state index contributed by atoms with van der Waals surface area (Å²) >= 11 is 1.62. The molecular weight excluding hydrogens is 344 g/mol. The van der Waals surface area contributed by atoms with Gasteiger partial charge in [0.15, 0.2) is 0 Å². The van der Waals surface area contributed by atoms with Gasteiger partial charge >= 0.3 is 0 Å². The van der Waals surface area contributed by atoms with Crippen molar-refractivity contribution in [2.45, 2.75) is 33.1 Å². The van der Waals surface area contributed by atoms with Crippen molar-refractivity contribution in [3.8, 4) is 0 Å². The molecule has 3 rings (SSSR count). The van der Waals surface area contributed by atoms with Crippen LogP contribution in [0.25, 0.3) is 0 Å². The molecule has 0 aliphatic carbocycles. The Labute approximate surface area is 159 Å². The number of carbonyl (C=O) groups is 2. The number of rotatable bonds is 5. The van der Waals surface area contributed by atoms with Crippen molar-refractivity contribution < 1.29 is 9.59 Å². The number of piperidine rings is 1. The van der Waals surface area contributed by atoms with E-state index in [4.69, 9.17) is 0 Å². The Kier molecular flexibility index (Phi) is 6.09. The fourth-order valence-corrected chi connectivity index (χ4v) is 4.23. The van der Waals surface area contributed by atoms with Gasteiger partial charge in [-0.3, -0.25) is 9.59 Å². The lowest BCUT2D eigenvalue weighted by Gasteiger charge is -2.34. The highest BCUT2D eigenvalue weighted by molar-refractivity contribution is 7.10. The monoisotopic (exact) mass is 370 g/mol. The number of hydrogen-bond acceptors (Lipinski definition) is 3. The van der Waals surface area contributed by atoms with Gasteiger partial charge in [0.1, 0.15) is 0 Å². The smallest absolute Gasteiger partial charge is 0.230 e. The van der Waals surface area contributed by atoms with Gasteiger partial charge in [0.2, 0.25) is 11.8 Å². The summed E-state index contributed by atoms with van der Waals surface area (Å²) in [5.74, 6) is 0.356. The maximum atomic E-state index is 13.0. The summed E-state index contributed by atoms with van der Waals surface area (Å²) in [6.45, 7) is 6.07. The van der Waals surface area contributed by atoms with E-state index in [0.717, 1.165) is 29.0 Å². The van der Waals surface area contributed by atoms with Crippen LogP contribution < -0.4 is 4.90 Å². The molecule has 1 aromatic carbocycles. The standard InChI is InChI=1S/C21H26N2O2S/c1-3-23(18-7-4-6-16(2)14-18)21(25)17-9-11-22(12-10-17)20(24)15-19-8-5-13-26-19/h4-8,13-14,17H,3,9-12,15H2,1-2H3. The van der Waals surface area contributed by atoms with E-state index >= 15 is 0 Å². The lowest BCUT2D eigenvalue weighted by Crippen LogP contribution is -2.45. The molecule has 1 fully saturated rings. The Hall–Kier alpha value is -2.14. The maximum absolute atomic E-state index is 13.0. The summed E-state index contributed by atoms with van der Waals surface area (Å²) in [6.07, 6.45) is 1.97. The van der Waals surface area contributed by atoms with E-state index in [1.165, 1.54) is 0 Å². The fourth-order valence-electron chi connectivity index (χ4n) is 3.53. The minimum Gasteiger partial charge on any atom is -0.342 e. The minimum atomic E-state index is 0.00116. The van der Waals surface area contributed by atoms with E-state index in [9.17, 15) is 9.59 Å². The highest BCUT2D eigenvalue weighted by atomic mass is 32.1. The largest absolute Gasteiger partial charge is 0.342 e. The van der Waals surface area contributed by atoms with Crippen LogP contribution in [-0.2, 0) is 16.0 Å². The van der Waals surface area contributed by atoms with Crippen LogP contribution in [0.2, 0.25) is 0 Å². The summed E-state index contributed by atoms with van der Waals surface area (Å²) in [5.41, 5.74) is 2.12. The number of thiophene rings is 1. The van der Waals surface area contributed by atoms with Crippen LogP contribution in [0.15, 0.2) is 41.8 Å². The van der Waals surface area contributed by atoms with E-state index in [1.807, 2.05) is 59.4 Å². The Morgan fingerprint density at radius 3 is 2.58 bits per heavy atom. The van der Waals surface area contributed by atoms with Crippen LogP contribution >= 0.6 is 11.3 Å². The molecule has 0 spiro atoms. The van der Waals surface area contributed by atoms with Crippen LogP contribution in [-0.4, -0.2) is 36.3 Å². The summed E-state index contributed by atoms with van der Waals surface area (Å²) < 4.78 is 0. The summed E-state index contributed by atoms with van der Waals surface area (Å²) in [7, 11) is 0. The zero-order chi connectivity index (χ0) is 18.5. The van der Waals surface area contributed by atoms with Crippen LogP contribution in [0.4, 0.5) is 5.69 Å². The topological polar surface area (TPSA) is 40.6 Å². The molecule has 5 heteroatoms. The van der Waals surface area contributed by atoms with Crippen LogP contribution in [0, 0.1) is 12.8 Å². The molecule has 26 heavy (non-hydrogen) atoms. The van der Waals surface area contributed by atoms with E-state index in [-0.39, 0.29) is 17.7 Å². The second-order valence-electron chi connectivity index (χ2n) is 6.83. The third-order valence-corrected chi connectivity index (χ3v) is 5.87. The first kappa shape index (κ1) is 18.6. The normalized spacial score (nSPS) is 15.1. The van der Waals surface area contributed by atoms with Gasteiger partial charge in [-0.1, -0.05) is 18.2 Å². The molecule has 1 aromatic heterocycles. The Morgan fingerprint density at radius 1 is 1.19 bits per heavy atom. The van der Waals surface area contributed by atoms with Crippen LogP contribution in [0.3, 0.4) is 0 Å². The average molecular weight is 371 g/mol. The number of amides is 2. The van der Waals surface area contributed by atoms with Gasteiger partial charge in [0.25, 0.3) is 0 Å². The lowest BCUT2D eigenvalue weighted by atomic mass is 9.94. The highest BCUT2D eigenvalue weighted by Crippen LogP contribution is 2.24. The Bertz CT molecular complexity index is 749. The quantitative estimate of drug-likeness (QED) is 0.801. The molecule has 0 N–H and O–H groups in total. The third kappa shape index (κ3) is 4.33. The number of carbonyl (C=O) groups excluding carboxylic acids is 2. The molecule has 1 aliphatic rings. The van der Waals surface area contributed by atoms with E-state index in [0.29, 0.717) is 26.1 Å². The van der Waals surface area contributed by atoms with E-state index in [2.05, 4.69) is 6.07 Å². The van der Waals surface area contributed by atoms with E-state index < -0.39 is 0 Å². The molecule has 4 nitrogen and oxygen atoms in total. The average Bonchev–Trinajstić information content (AvgIpc) is 3.15. The second kappa shape index (κ2) is 8.49. The molecule has 138 valence electrons. The maximum Gasteiger partial charge on any atom is 0.230 e. The number of aryl methyl sites for hydroxylation is 1. The van der Waals surface area contributed by atoms with Crippen LogP contribution in [0.1, 0.15) is 30.2 Å². The number of hydrogen-bond donors (Lipinski definition) is 0. The molecule has 2 amide bonds. The number of nitrogens with zero attached hydrogens (tertiary/aromatic N) is 2. The van der Waals surface area contributed by atoms with Crippen molar-refractivity contribution in [1.29, 1.82) is 0 Å². The zero-order valence-electron chi connectivity index (χ0n) is 15.5. The van der Waals surface area contributed by atoms with Crippen molar-refractivity contribution in [1.82, 2.24) is 4.90 Å². The van der Waals surface area contributed by atoms with Gasteiger partial charge in [0.05, 0.1) is 6.42 Å². The number of benzene rings is 1. The highest BCUT2D eigenvalue weighted by Gasteiger charge is 2.30. The van der Waals surface area contributed by atoms with E-state index in [1.54, 1.807) is 11.3 Å². The molecule has 0 radical (unpaired) electrons. The molecule has 0 saturated carbocycles. The van der Waals surface area contributed by atoms with Crippen LogP contribution in [0.5, 0.6) is 0 Å². The zero-order valence-corrected chi connectivity index (χ0v) is 16.3. The molecule has 1 saturated heterocycles.